The first-order valence-corrected chi connectivity index (χ1v) is 9.13. The van der Waals surface area contributed by atoms with Crippen LogP contribution in [0.4, 0.5) is 0 Å². The fraction of sp³-hybridized carbons (Fsp3) is 1.00. The van der Waals surface area contributed by atoms with Crippen molar-refractivity contribution < 1.29 is 0 Å². The number of hydrogen-bond acceptors (Lipinski definition) is 3. The van der Waals surface area contributed by atoms with Crippen LogP contribution in [-0.4, -0.2) is 60.6 Å². The van der Waals surface area contributed by atoms with Gasteiger partial charge in [-0.05, 0) is 45.2 Å². The Labute approximate surface area is 132 Å². The predicted molar refractivity (Wildman–Crippen MR) is 91.7 cm³/mol. The lowest BCUT2D eigenvalue weighted by atomic mass is 9.88. The molecule has 21 heavy (non-hydrogen) atoms. The Morgan fingerprint density at radius 3 is 2.52 bits per heavy atom. The SMILES string of the molecule is CCC(C)C1CN(C2CCN(C)C(C)C2)C(C(C)C)CN1. The van der Waals surface area contributed by atoms with Crippen molar-refractivity contribution in [2.24, 2.45) is 11.8 Å². The minimum Gasteiger partial charge on any atom is -0.311 e. The quantitative estimate of drug-likeness (QED) is 0.860. The molecule has 0 spiro atoms. The van der Waals surface area contributed by atoms with Gasteiger partial charge in [0.05, 0.1) is 0 Å². The third-order valence-corrected chi connectivity index (χ3v) is 6.17. The minimum absolute atomic E-state index is 0.681. The molecule has 124 valence electrons. The van der Waals surface area contributed by atoms with Crippen molar-refractivity contribution in [1.29, 1.82) is 0 Å². The average Bonchev–Trinajstić information content (AvgIpc) is 2.48. The van der Waals surface area contributed by atoms with E-state index in [2.05, 4.69) is 56.8 Å². The van der Waals surface area contributed by atoms with E-state index in [1.807, 2.05) is 0 Å². The molecule has 3 nitrogen and oxygen atoms in total. The van der Waals surface area contributed by atoms with Gasteiger partial charge in [-0.15, -0.1) is 0 Å². The second-order valence-electron chi connectivity index (χ2n) is 7.92. The molecule has 0 aromatic rings. The predicted octanol–water partition coefficient (Wildman–Crippen LogP) is 2.81. The van der Waals surface area contributed by atoms with Gasteiger partial charge >= 0.3 is 0 Å². The molecule has 2 fully saturated rings. The summed E-state index contributed by atoms with van der Waals surface area (Å²) in [7, 11) is 2.28. The first-order chi connectivity index (χ1) is 9.93. The van der Waals surface area contributed by atoms with E-state index in [1.54, 1.807) is 0 Å². The molecule has 1 N–H and O–H groups in total. The zero-order chi connectivity index (χ0) is 15.6. The number of likely N-dealkylation sites (tertiary alicyclic amines) is 1. The number of hydrogen-bond donors (Lipinski definition) is 1. The van der Waals surface area contributed by atoms with Crippen LogP contribution in [0.2, 0.25) is 0 Å². The Kier molecular flexibility index (Phi) is 6.10. The maximum atomic E-state index is 3.84. The number of piperidine rings is 1. The van der Waals surface area contributed by atoms with E-state index in [4.69, 9.17) is 0 Å². The maximum absolute atomic E-state index is 3.84. The van der Waals surface area contributed by atoms with Crippen molar-refractivity contribution in [2.75, 3.05) is 26.7 Å². The van der Waals surface area contributed by atoms with Gasteiger partial charge in [0.2, 0.25) is 0 Å². The zero-order valence-corrected chi connectivity index (χ0v) is 15.1. The van der Waals surface area contributed by atoms with Crippen LogP contribution >= 0.6 is 0 Å². The topological polar surface area (TPSA) is 18.5 Å². The molecule has 2 aliphatic rings. The Balaban J connectivity index is 2.07. The van der Waals surface area contributed by atoms with Gasteiger partial charge in [-0.3, -0.25) is 4.90 Å². The van der Waals surface area contributed by atoms with E-state index >= 15 is 0 Å². The van der Waals surface area contributed by atoms with E-state index in [9.17, 15) is 0 Å². The van der Waals surface area contributed by atoms with E-state index in [0.717, 1.165) is 23.9 Å². The molecule has 2 saturated heterocycles. The van der Waals surface area contributed by atoms with Crippen molar-refractivity contribution in [2.45, 2.75) is 78.0 Å². The normalized spacial score (nSPS) is 37.9. The van der Waals surface area contributed by atoms with Gasteiger partial charge in [0, 0.05) is 37.3 Å². The summed E-state index contributed by atoms with van der Waals surface area (Å²) >= 11 is 0. The van der Waals surface area contributed by atoms with Crippen LogP contribution in [0.5, 0.6) is 0 Å². The molecule has 0 aliphatic carbocycles. The molecular weight excluding hydrogens is 258 g/mol. The van der Waals surface area contributed by atoms with E-state index < -0.39 is 0 Å². The number of piperazine rings is 1. The van der Waals surface area contributed by atoms with Crippen LogP contribution in [0.3, 0.4) is 0 Å². The molecular formula is C18H37N3. The molecule has 0 saturated carbocycles. The monoisotopic (exact) mass is 295 g/mol. The highest BCUT2D eigenvalue weighted by atomic mass is 15.3. The molecule has 0 radical (unpaired) electrons. The highest BCUT2D eigenvalue weighted by Gasteiger charge is 2.37. The van der Waals surface area contributed by atoms with Crippen LogP contribution in [0.1, 0.15) is 53.9 Å². The van der Waals surface area contributed by atoms with Gasteiger partial charge in [-0.2, -0.15) is 0 Å². The number of rotatable bonds is 4. The molecule has 0 aromatic heterocycles. The Hall–Kier alpha value is -0.120. The lowest BCUT2D eigenvalue weighted by Crippen LogP contribution is -2.64. The third-order valence-electron chi connectivity index (χ3n) is 6.17. The van der Waals surface area contributed by atoms with Gasteiger partial charge in [0.1, 0.15) is 0 Å². The highest BCUT2D eigenvalue weighted by Crippen LogP contribution is 2.28. The molecule has 0 amide bonds. The first-order valence-electron chi connectivity index (χ1n) is 9.13. The molecule has 2 heterocycles. The van der Waals surface area contributed by atoms with Crippen LogP contribution in [-0.2, 0) is 0 Å². The summed E-state index contributed by atoms with van der Waals surface area (Å²) in [6, 6.07) is 2.91. The van der Waals surface area contributed by atoms with E-state index in [0.29, 0.717) is 12.1 Å². The lowest BCUT2D eigenvalue weighted by Gasteiger charge is -2.50. The summed E-state index contributed by atoms with van der Waals surface area (Å²) in [6.45, 7) is 15.6. The molecule has 2 aliphatic heterocycles. The Morgan fingerprint density at radius 2 is 1.95 bits per heavy atom. The summed E-state index contributed by atoms with van der Waals surface area (Å²) in [5, 5.41) is 3.84. The number of nitrogens with one attached hydrogen (secondary N) is 1. The fourth-order valence-electron chi connectivity index (χ4n) is 4.09. The van der Waals surface area contributed by atoms with Crippen LogP contribution < -0.4 is 5.32 Å². The van der Waals surface area contributed by atoms with Gasteiger partial charge in [0.25, 0.3) is 0 Å². The molecule has 5 atom stereocenters. The highest BCUT2D eigenvalue weighted by molar-refractivity contribution is 4.95. The van der Waals surface area contributed by atoms with E-state index in [1.165, 1.54) is 38.9 Å². The minimum atomic E-state index is 0.681. The smallest absolute Gasteiger partial charge is 0.0247 e. The molecule has 2 rings (SSSR count). The van der Waals surface area contributed by atoms with E-state index in [-0.39, 0.29) is 0 Å². The number of nitrogens with zero attached hydrogens (tertiary/aromatic N) is 2. The van der Waals surface area contributed by atoms with Gasteiger partial charge < -0.3 is 10.2 Å². The van der Waals surface area contributed by atoms with Gasteiger partial charge in [-0.25, -0.2) is 0 Å². The summed E-state index contributed by atoms with van der Waals surface area (Å²) in [5.41, 5.74) is 0. The standard InChI is InChI=1S/C18H37N3/c1-7-14(4)17-12-21(18(11-19-17)13(2)3)16-8-9-20(6)15(5)10-16/h13-19H,7-12H2,1-6H3. The molecule has 3 heteroatoms. The van der Waals surface area contributed by atoms with Crippen LogP contribution in [0.15, 0.2) is 0 Å². The van der Waals surface area contributed by atoms with Crippen molar-refractivity contribution >= 4 is 0 Å². The van der Waals surface area contributed by atoms with Crippen molar-refractivity contribution in [1.82, 2.24) is 15.1 Å². The second-order valence-corrected chi connectivity index (χ2v) is 7.92. The summed E-state index contributed by atoms with van der Waals surface area (Å²) < 4.78 is 0. The summed E-state index contributed by atoms with van der Waals surface area (Å²) in [4.78, 5) is 5.40. The largest absolute Gasteiger partial charge is 0.311 e. The average molecular weight is 296 g/mol. The molecule has 0 bridgehead atoms. The lowest BCUT2D eigenvalue weighted by molar-refractivity contribution is 0.00652. The Bertz CT molecular complexity index is 318. The van der Waals surface area contributed by atoms with Crippen molar-refractivity contribution in [3.05, 3.63) is 0 Å². The summed E-state index contributed by atoms with van der Waals surface area (Å²) in [5.74, 6) is 1.52. The maximum Gasteiger partial charge on any atom is 0.0247 e. The van der Waals surface area contributed by atoms with Crippen LogP contribution in [0.25, 0.3) is 0 Å². The molecule has 5 unspecified atom stereocenters. The van der Waals surface area contributed by atoms with Crippen molar-refractivity contribution in [3.8, 4) is 0 Å². The zero-order valence-electron chi connectivity index (χ0n) is 15.1. The Morgan fingerprint density at radius 1 is 1.24 bits per heavy atom. The van der Waals surface area contributed by atoms with Gasteiger partial charge in [0.15, 0.2) is 0 Å². The summed E-state index contributed by atoms with van der Waals surface area (Å²) in [6.07, 6.45) is 3.96. The van der Waals surface area contributed by atoms with Crippen molar-refractivity contribution in [3.63, 3.8) is 0 Å². The third kappa shape index (κ3) is 4.00. The second kappa shape index (κ2) is 7.43. The van der Waals surface area contributed by atoms with Crippen LogP contribution in [0, 0.1) is 11.8 Å². The first kappa shape index (κ1) is 17.2. The van der Waals surface area contributed by atoms with Gasteiger partial charge in [-0.1, -0.05) is 34.1 Å². The molecule has 0 aromatic carbocycles. The fourth-order valence-corrected chi connectivity index (χ4v) is 4.09.